The number of hydrogen-bond acceptors (Lipinski definition) is 3. The summed E-state index contributed by atoms with van der Waals surface area (Å²) in [5, 5.41) is 0. The molecule has 3 heteroatoms. The molecule has 0 amide bonds. The van der Waals surface area contributed by atoms with E-state index in [4.69, 9.17) is 4.74 Å². The molecule has 3 rings (SSSR count). The Morgan fingerprint density at radius 3 is 1.78 bits per heavy atom. The maximum absolute atomic E-state index is 13.2. The number of rotatable bonds is 15. The van der Waals surface area contributed by atoms with E-state index in [2.05, 4.69) is 13.8 Å². The highest BCUT2D eigenvalue weighted by Crippen LogP contribution is 2.47. The highest BCUT2D eigenvalue weighted by molar-refractivity contribution is 6.04. The number of hydrogen-bond donors (Lipinski definition) is 0. The van der Waals surface area contributed by atoms with E-state index in [1.54, 1.807) is 0 Å². The van der Waals surface area contributed by atoms with Crippen molar-refractivity contribution in [2.75, 3.05) is 6.61 Å². The maximum atomic E-state index is 13.2. The molecule has 0 bridgehead atoms. The molecule has 3 aliphatic rings. The zero-order valence-electron chi connectivity index (χ0n) is 24.9. The van der Waals surface area contributed by atoms with Gasteiger partial charge in [-0.2, -0.15) is 0 Å². The smallest absolute Gasteiger partial charge is 0.319 e. The molecule has 3 saturated carbocycles. The van der Waals surface area contributed by atoms with Crippen LogP contribution in [0.4, 0.5) is 0 Å². The Kier molecular flexibility index (Phi) is 13.5. The molecule has 0 aromatic heterocycles. The molecule has 37 heavy (non-hydrogen) atoms. The summed E-state index contributed by atoms with van der Waals surface area (Å²) in [5.74, 6) is 3.97. The van der Waals surface area contributed by atoms with Gasteiger partial charge < -0.3 is 4.74 Å². The Morgan fingerprint density at radius 1 is 0.703 bits per heavy atom. The minimum atomic E-state index is -0.897. The molecule has 0 aliphatic heterocycles. The van der Waals surface area contributed by atoms with E-state index in [1.807, 2.05) is 6.92 Å². The lowest BCUT2D eigenvalue weighted by Crippen LogP contribution is -2.44. The van der Waals surface area contributed by atoms with Crippen LogP contribution in [0.15, 0.2) is 0 Å². The van der Waals surface area contributed by atoms with Crippen molar-refractivity contribution in [2.24, 2.45) is 35.0 Å². The molecule has 2 atom stereocenters. The number of esters is 1. The van der Waals surface area contributed by atoms with E-state index in [0.29, 0.717) is 31.3 Å². The second kappa shape index (κ2) is 16.3. The van der Waals surface area contributed by atoms with Crippen molar-refractivity contribution in [3.8, 4) is 0 Å². The Labute approximate surface area is 229 Å². The van der Waals surface area contributed by atoms with Crippen LogP contribution < -0.4 is 0 Å². The van der Waals surface area contributed by atoms with Gasteiger partial charge in [0.2, 0.25) is 0 Å². The summed E-state index contributed by atoms with van der Waals surface area (Å²) >= 11 is 0. The predicted molar refractivity (Wildman–Crippen MR) is 154 cm³/mol. The molecule has 0 unspecified atom stereocenters. The van der Waals surface area contributed by atoms with E-state index in [1.165, 1.54) is 109 Å². The van der Waals surface area contributed by atoms with Crippen LogP contribution in [0.2, 0.25) is 0 Å². The number of carbonyl (C=O) groups is 2. The first-order chi connectivity index (χ1) is 18.0. The molecule has 3 aliphatic carbocycles. The second-order valence-electron chi connectivity index (χ2n) is 13.5. The minimum absolute atomic E-state index is 0.148. The van der Waals surface area contributed by atoms with Crippen molar-refractivity contribution in [3.63, 3.8) is 0 Å². The summed E-state index contributed by atoms with van der Waals surface area (Å²) in [6.45, 7) is 6.83. The third-order valence-electron chi connectivity index (χ3n) is 10.8. The fourth-order valence-corrected chi connectivity index (χ4v) is 7.90. The van der Waals surface area contributed by atoms with Gasteiger partial charge in [0.1, 0.15) is 11.2 Å². The number of carbonyl (C=O) groups excluding carboxylic acids is 2. The summed E-state index contributed by atoms with van der Waals surface area (Å²) in [4.78, 5) is 26.0. The Hall–Kier alpha value is -0.860. The number of ether oxygens (including phenoxy) is 1. The normalized spacial score (nSPS) is 32.8. The van der Waals surface area contributed by atoms with Gasteiger partial charge in [-0.1, -0.05) is 90.9 Å². The van der Waals surface area contributed by atoms with Crippen molar-refractivity contribution in [1.82, 2.24) is 0 Å². The first-order valence-corrected chi connectivity index (χ1v) is 16.7. The molecule has 0 N–H and O–H groups in total. The van der Waals surface area contributed by atoms with Gasteiger partial charge in [-0.15, -0.1) is 0 Å². The summed E-state index contributed by atoms with van der Waals surface area (Å²) in [6.07, 6.45) is 27.8. The molecule has 0 saturated heterocycles. The van der Waals surface area contributed by atoms with Gasteiger partial charge in [0, 0.05) is 6.42 Å². The van der Waals surface area contributed by atoms with E-state index in [9.17, 15) is 9.59 Å². The summed E-state index contributed by atoms with van der Waals surface area (Å²) in [6, 6.07) is 0. The minimum Gasteiger partial charge on any atom is -0.465 e. The number of ketones is 1. The van der Waals surface area contributed by atoms with Crippen LogP contribution in [0.1, 0.15) is 162 Å². The lowest BCUT2D eigenvalue weighted by molar-refractivity contribution is -0.162. The Bertz CT molecular complexity index is 656. The van der Waals surface area contributed by atoms with E-state index < -0.39 is 5.41 Å². The molecule has 3 nitrogen and oxygen atoms in total. The standard InChI is InChI=1S/C34H60O3/c1-4-6-8-10-12-14-27-15-17-28(18-16-27)29-19-21-30(22-20-29)31-23-24-34(3,32(35)26-31)33(36)37-25-13-11-9-7-5-2/h27-31H,4-26H2,1-3H3/t27?,28?,29?,30?,31-,34+/m1/s1. The summed E-state index contributed by atoms with van der Waals surface area (Å²) in [7, 11) is 0. The average Bonchev–Trinajstić information content (AvgIpc) is 2.92. The van der Waals surface area contributed by atoms with Gasteiger partial charge in [0.05, 0.1) is 6.61 Å². The first-order valence-electron chi connectivity index (χ1n) is 16.7. The molecule has 3 fully saturated rings. The lowest BCUT2D eigenvalue weighted by Gasteiger charge is -2.42. The van der Waals surface area contributed by atoms with Crippen molar-refractivity contribution in [1.29, 1.82) is 0 Å². The van der Waals surface area contributed by atoms with Gasteiger partial charge in [-0.05, 0) is 94.3 Å². The van der Waals surface area contributed by atoms with Crippen LogP contribution in [0.25, 0.3) is 0 Å². The topological polar surface area (TPSA) is 43.4 Å². The fourth-order valence-electron chi connectivity index (χ4n) is 7.90. The van der Waals surface area contributed by atoms with Gasteiger partial charge in [-0.25, -0.2) is 0 Å². The van der Waals surface area contributed by atoms with E-state index in [0.717, 1.165) is 37.0 Å². The molecular weight excluding hydrogens is 456 g/mol. The monoisotopic (exact) mass is 516 g/mol. The van der Waals surface area contributed by atoms with E-state index in [-0.39, 0.29) is 11.8 Å². The van der Waals surface area contributed by atoms with Crippen molar-refractivity contribution >= 4 is 11.8 Å². The summed E-state index contributed by atoms with van der Waals surface area (Å²) < 4.78 is 5.58. The Balaban J connectivity index is 1.32. The zero-order valence-corrected chi connectivity index (χ0v) is 24.9. The van der Waals surface area contributed by atoms with Gasteiger partial charge in [-0.3, -0.25) is 9.59 Å². The van der Waals surface area contributed by atoms with Crippen LogP contribution in [0.5, 0.6) is 0 Å². The molecule has 0 heterocycles. The number of unbranched alkanes of at least 4 members (excludes halogenated alkanes) is 8. The average molecular weight is 517 g/mol. The Morgan fingerprint density at radius 2 is 1.22 bits per heavy atom. The molecular formula is C34H60O3. The van der Waals surface area contributed by atoms with Crippen LogP contribution in [0, 0.1) is 35.0 Å². The SMILES string of the molecule is CCCCCCCOC(=O)[C@@]1(C)CC[C@@H](C2CCC(C3CCC(CCCCCCC)CC3)CC2)CC1=O. The van der Waals surface area contributed by atoms with Crippen molar-refractivity contribution < 1.29 is 14.3 Å². The maximum Gasteiger partial charge on any atom is 0.319 e. The van der Waals surface area contributed by atoms with Crippen LogP contribution in [0.3, 0.4) is 0 Å². The molecule has 0 radical (unpaired) electrons. The fraction of sp³-hybridized carbons (Fsp3) is 0.941. The predicted octanol–water partition coefficient (Wildman–Crippen LogP) is 9.85. The molecule has 0 aromatic carbocycles. The van der Waals surface area contributed by atoms with Crippen LogP contribution in [-0.2, 0) is 14.3 Å². The molecule has 0 aromatic rings. The molecule has 214 valence electrons. The molecule has 0 spiro atoms. The third-order valence-corrected chi connectivity index (χ3v) is 10.8. The quantitative estimate of drug-likeness (QED) is 0.124. The van der Waals surface area contributed by atoms with Crippen molar-refractivity contribution in [2.45, 2.75) is 162 Å². The van der Waals surface area contributed by atoms with Crippen LogP contribution in [-0.4, -0.2) is 18.4 Å². The second-order valence-corrected chi connectivity index (χ2v) is 13.5. The summed E-state index contributed by atoms with van der Waals surface area (Å²) in [5.41, 5.74) is -0.897. The van der Waals surface area contributed by atoms with E-state index >= 15 is 0 Å². The van der Waals surface area contributed by atoms with Gasteiger partial charge >= 0.3 is 5.97 Å². The van der Waals surface area contributed by atoms with Gasteiger partial charge in [0.25, 0.3) is 0 Å². The van der Waals surface area contributed by atoms with Gasteiger partial charge in [0.15, 0.2) is 0 Å². The number of Topliss-reactive ketones (excluding diaryl/α,β-unsaturated/α-hetero) is 1. The first kappa shape index (κ1) is 30.7. The zero-order chi connectivity index (χ0) is 26.5. The van der Waals surface area contributed by atoms with Crippen LogP contribution >= 0.6 is 0 Å². The third kappa shape index (κ3) is 9.38. The largest absolute Gasteiger partial charge is 0.465 e. The van der Waals surface area contributed by atoms with Crippen molar-refractivity contribution in [3.05, 3.63) is 0 Å². The highest BCUT2D eigenvalue weighted by atomic mass is 16.5. The highest BCUT2D eigenvalue weighted by Gasteiger charge is 2.47. The lowest BCUT2D eigenvalue weighted by atomic mass is 9.62.